The van der Waals surface area contributed by atoms with Crippen LogP contribution in [0.5, 0.6) is 0 Å². The number of carbonyl (C=O) groups is 2. The van der Waals surface area contributed by atoms with Gasteiger partial charge in [-0.05, 0) is 69.6 Å². The highest BCUT2D eigenvalue weighted by Crippen LogP contribution is 2.24. The van der Waals surface area contributed by atoms with Crippen molar-refractivity contribution in [1.82, 2.24) is 14.7 Å². The van der Waals surface area contributed by atoms with E-state index in [1.807, 2.05) is 23.0 Å². The van der Waals surface area contributed by atoms with Gasteiger partial charge in [0.05, 0.1) is 21.4 Å². The molecule has 152 valence electrons. The molecule has 1 aromatic heterocycles. The van der Waals surface area contributed by atoms with Crippen molar-refractivity contribution in [2.75, 3.05) is 19.6 Å². The summed E-state index contributed by atoms with van der Waals surface area (Å²) in [6, 6.07) is 7.66. The van der Waals surface area contributed by atoms with Crippen LogP contribution in [-0.4, -0.2) is 56.5 Å². The number of carboxylic acids is 2. The Bertz CT molecular complexity index is 792. The monoisotopic (exact) mass is 427 g/mol. The summed E-state index contributed by atoms with van der Waals surface area (Å²) in [5.41, 5.74) is 2.07. The zero-order valence-corrected chi connectivity index (χ0v) is 16.9. The summed E-state index contributed by atoms with van der Waals surface area (Å²) in [7, 11) is 0. The normalized spacial score (nSPS) is 14.2. The molecule has 0 amide bonds. The van der Waals surface area contributed by atoms with E-state index in [0.717, 1.165) is 17.8 Å². The minimum atomic E-state index is -1.82. The molecule has 7 nitrogen and oxygen atoms in total. The fourth-order valence-corrected chi connectivity index (χ4v) is 3.23. The molecule has 0 unspecified atom stereocenters. The number of hydrogen-bond donors (Lipinski definition) is 2. The summed E-state index contributed by atoms with van der Waals surface area (Å²) in [5, 5.41) is 20.5. The average molecular weight is 428 g/mol. The predicted molar refractivity (Wildman–Crippen MR) is 107 cm³/mol. The van der Waals surface area contributed by atoms with Crippen molar-refractivity contribution in [2.24, 2.45) is 0 Å². The first-order valence-corrected chi connectivity index (χ1v) is 9.81. The molecule has 1 fully saturated rings. The number of halogens is 2. The summed E-state index contributed by atoms with van der Waals surface area (Å²) in [4.78, 5) is 20.8. The number of benzene rings is 1. The number of likely N-dealkylation sites (tertiary alicyclic amines) is 1. The van der Waals surface area contributed by atoms with Crippen molar-refractivity contribution in [1.29, 1.82) is 0 Å². The molecule has 2 N–H and O–H groups in total. The van der Waals surface area contributed by atoms with Crippen molar-refractivity contribution >= 4 is 35.1 Å². The maximum atomic E-state index is 9.10. The molecule has 0 aliphatic carbocycles. The lowest BCUT2D eigenvalue weighted by atomic mass is 10.1. The predicted octanol–water partition coefficient (Wildman–Crippen LogP) is 3.75. The summed E-state index contributed by atoms with van der Waals surface area (Å²) in [6.07, 6.45) is 8.27. The lowest BCUT2D eigenvalue weighted by Gasteiger charge is -2.26. The van der Waals surface area contributed by atoms with Crippen LogP contribution >= 0.6 is 23.2 Å². The van der Waals surface area contributed by atoms with Crippen LogP contribution in [0.15, 0.2) is 30.5 Å². The van der Waals surface area contributed by atoms with E-state index in [9.17, 15) is 0 Å². The van der Waals surface area contributed by atoms with Gasteiger partial charge in [-0.2, -0.15) is 5.10 Å². The lowest BCUT2D eigenvalue weighted by molar-refractivity contribution is -0.159. The Balaban J connectivity index is 0.000000409. The van der Waals surface area contributed by atoms with Crippen LogP contribution in [0.1, 0.15) is 31.4 Å². The molecule has 0 atom stereocenters. The van der Waals surface area contributed by atoms with E-state index >= 15 is 0 Å². The van der Waals surface area contributed by atoms with E-state index in [-0.39, 0.29) is 0 Å². The van der Waals surface area contributed by atoms with Crippen molar-refractivity contribution in [3.05, 3.63) is 46.2 Å². The molecule has 9 heteroatoms. The van der Waals surface area contributed by atoms with E-state index in [2.05, 4.69) is 16.1 Å². The number of aromatic nitrogens is 2. The van der Waals surface area contributed by atoms with Gasteiger partial charge >= 0.3 is 11.9 Å². The molecule has 1 saturated heterocycles. The summed E-state index contributed by atoms with van der Waals surface area (Å²) >= 11 is 12.0. The van der Waals surface area contributed by atoms with Gasteiger partial charge in [0.25, 0.3) is 0 Å². The fourth-order valence-electron chi connectivity index (χ4n) is 2.93. The second-order valence-corrected chi connectivity index (χ2v) is 7.28. The molecule has 0 radical (unpaired) electrons. The Hall–Kier alpha value is -2.09. The van der Waals surface area contributed by atoms with Crippen LogP contribution in [0.2, 0.25) is 10.0 Å². The van der Waals surface area contributed by atoms with Gasteiger partial charge in [-0.15, -0.1) is 0 Å². The highest BCUT2D eigenvalue weighted by atomic mass is 35.5. The number of nitrogens with zero attached hydrogens (tertiary/aromatic N) is 3. The number of aryl methyl sites for hydroxylation is 1. The first kappa shape index (κ1) is 22.2. The molecule has 1 aromatic carbocycles. The van der Waals surface area contributed by atoms with Gasteiger partial charge < -0.3 is 15.1 Å². The third-order valence-corrected chi connectivity index (χ3v) is 5.09. The summed E-state index contributed by atoms with van der Waals surface area (Å²) in [5.74, 6) is -3.65. The molecular formula is C19H23Cl2N3O4. The van der Waals surface area contributed by atoms with Gasteiger partial charge in [-0.25, -0.2) is 14.3 Å². The van der Waals surface area contributed by atoms with Crippen molar-refractivity contribution < 1.29 is 19.8 Å². The Morgan fingerprint density at radius 3 is 2.29 bits per heavy atom. The molecule has 28 heavy (non-hydrogen) atoms. The molecule has 1 aliphatic rings. The topological polar surface area (TPSA) is 95.7 Å². The second kappa shape index (κ2) is 11.0. The molecule has 3 rings (SSSR count). The minimum absolute atomic E-state index is 0.557. The first-order valence-electron chi connectivity index (χ1n) is 9.05. The quantitative estimate of drug-likeness (QED) is 0.705. The summed E-state index contributed by atoms with van der Waals surface area (Å²) < 4.78 is 1.86. The molecular weight excluding hydrogens is 405 g/mol. The van der Waals surface area contributed by atoms with Crippen molar-refractivity contribution in [3.8, 4) is 5.69 Å². The highest BCUT2D eigenvalue weighted by Gasteiger charge is 2.10. The van der Waals surface area contributed by atoms with Crippen LogP contribution in [0.4, 0.5) is 0 Å². The molecule has 1 aliphatic heterocycles. The zero-order chi connectivity index (χ0) is 20.5. The van der Waals surface area contributed by atoms with Gasteiger partial charge in [0.1, 0.15) is 0 Å². The Kier molecular flexibility index (Phi) is 8.76. The minimum Gasteiger partial charge on any atom is -0.473 e. The zero-order valence-electron chi connectivity index (χ0n) is 15.4. The Labute approximate surface area is 173 Å². The van der Waals surface area contributed by atoms with E-state index in [1.165, 1.54) is 45.3 Å². The second-order valence-electron chi connectivity index (χ2n) is 6.47. The average Bonchev–Trinajstić information content (AvgIpc) is 3.14. The van der Waals surface area contributed by atoms with Crippen LogP contribution in [0.3, 0.4) is 0 Å². The van der Waals surface area contributed by atoms with E-state index in [1.54, 1.807) is 6.07 Å². The third-order valence-electron chi connectivity index (χ3n) is 4.35. The van der Waals surface area contributed by atoms with E-state index in [4.69, 9.17) is 43.0 Å². The number of aliphatic carboxylic acids is 2. The number of piperidine rings is 1. The smallest absolute Gasteiger partial charge is 0.414 e. The highest BCUT2D eigenvalue weighted by molar-refractivity contribution is 6.42. The number of hydrogen-bond acceptors (Lipinski definition) is 4. The lowest BCUT2D eigenvalue weighted by Crippen LogP contribution is -2.30. The Morgan fingerprint density at radius 2 is 1.68 bits per heavy atom. The van der Waals surface area contributed by atoms with Crippen LogP contribution in [-0.2, 0) is 16.0 Å². The molecule has 0 saturated carbocycles. The fraction of sp³-hybridized carbons (Fsp3) is 0.421. The summed E-state index contributed by atoms with van der Waals surface area (Å²) in [6.45, 7) is 3.70. The maximum Gasteiger partial charge on any atom is 0.414 e. The number of rotatable bonds is 5. The molecule has 2 aromatic rings. The van der Waals surface area contributed by atoms with Crippen LogP contribution in [0.25, 0.3) is 5.69 Å². The van der Waals surface area contributed by atoms with Crippen LogP contribution in [0, 0.1) is 0 Å². The third kappa shape index (κ3) is 7.14. The first-order chi connectivity index (χ1) is 13.4. The van der Waals surface area contributed by atoms with Gasteiger partial charge in [0.15, 0.2) is 0 Å². The van der Waals surface area contributed by atoms with Crippen molar-refractivity contribution in [3.63, 3.8) is 0 Å². The van der Waals surface area contributed by atoms with E-state index < -0.39 is 11.9 Å². The van der Waals surface area contributed by atoms with Gasteiger partial charge in [0, 0.05) is 6.20 Å². The van der Waals surface area contributed by atoms with Gasteiger partial charge in [-0.1, -0.05) is 29.6 Å². The van der Waals surface area contributed by atoms with Crippen molar-refractivity contribution in [2.45, 2.75) is 32.1 Å². The SMILES string of the molecule is Clc1ccc(-n2ccc(CCCN3CCCCC3)n2)cc1Cl.O=C(O)C(=O)O. The van der Waals surface area contributed by atoms with Gasteiger partial charge in [0.2, 0.25) is 0 Å². The van der Waals surface area contributed by atoms with E-state index in [0.29, 0.717) is 10.0 Å². The Morgan fingerprint density at radius 1 is 1.00 bits per heavy atom. The maximum absolute atomic E-state index is 9.10. The van der Waals surface area contributed by atoms with Crippen LogP contribution < -0.4 is 0 Å². The molecule has 2 heterocycles. The molecule has 0 spiro atoms. The largest absolute Gasteiger partial charge is 0.473 e. The standard InChI is InChI=1S/C17H21Cl2N3.C2H2O4/c18-16-7-6-15(13-17(16)19)22-12-8-14(20-22)5-4-11-21-9-2-1-3-10-21;3-1(4)2(5)6/h6-8,12-13H,1-5,9-11H2;(H,3,4)(H,5,6). The number of carboxylic acid groups (broad SMARTS) is 2. The molecule has 0 bridgehead atoms. The van der Waals surface area contributed by atoms with Gasteiger partial charge in [-0.3, -0.25) is 0 Å².